The second-order valence-corrected chi connectivity index (χ2v) is 9.51. The Balaban J connectivity index is 1.67. The number of nitrogens with zero attached hydrogens (tertiary/aromatic N) is 1. The fourth-order valence-electron chi connectivity index (χ4n) is 6.16. The number of fused-ring (bicyclic) bond motifs is 5. The minimum atomic E-state index is -1.51. The third-order valence-corrected chi connectivity index (χ3v) is 7.72. The SMILES string of the molecule is CCOC(=O)C1C(c2ccc(Cl)cc2)C2(C(=O)c3ccccc3C2=O)C2C=Cc3ccccc3N12. The summed E-state index contributed by atoms with van der Waals surface area (Å²) < 4.78 is 5.56. The first kappa shape index (κ1) is 21.8. The van der Waals surface area contributed by atoms with Crippen LogP contribution in [0.2, 0.25) is 5.02 Å². The quantitative estimate of drug-likeness (QED) is 0.372. The van der Waals surface area contributed by atoms with Gasteiger partial charge in [0.15, 0.2) is 11.6 Å². The molecule has 1 aliphatic carbocycles. The van der Waals surface area contributed by atoms with Crippen molar-refractivity contribution in [3.63, 3.8) is 0 Å². The topological polar surface area (TPSA) is 63.7 Å². The van der Waals surface area contributed by atoms with Gasteiger partial charge in [0, 0.05) is 27.8 Å². The van der Waals surface area contributed by atoms with E-state index < -0.39 is 29.4 Å². The monoisotopic (exact) mass is 483 g/mol. The fraction of sp³-hybridized carbons (Fsp3) is 0.207. The highest BCUT2D eigenvalue weighted by molar-refractivity contribution is 6.32. The first-order valence-electron chi connectivity index (χ1n) is 11.7. The molecule has 3 unspecified atom stereocenters. The second-order valence-electron chi connectivity index (χ2n) is 9.07. The molecular formula is C29H22ClNO4. The predicted molar refractivity (Wildman–Crippen MR) is 134 cm³/mol. The van der Waals surface area contributed by atoms with Gasteiger partial charge in [-0.15, -0.1) is 0 Å². The average Bonchev–Trinajstić information content (AvgIpc) is 3.31. The van der Waals surface area contributed by atoms with E-state index in [2.05, 4.69) is 0 Å². The highest BCUT2D eigenvalue weighted by Crippen LogP contribution is 2.60. The molecule has 2 aliphatic heterocycles. The van der Waals surface area contributed by atoms with E-state index in [-0.39, 0.29) is 18.2 Å². The van der Waals surface area contributed by atoms with Gasteiger partial charge in [-0.2, -0.15) is 0 Å². The van der Waals surface area contributed by atoms with Crippen LogP contribution in [0.3, 0.4) is 0 Å². The maximum Gasteiger partial charge on any atom is 0.329 e. The molecule has 1 saturated heterocycles. The maximum absolute atomic E-state index is 14.3. The molecule has 0 aromatic heterocycles. The van der Waals surface area contributed by atoms with Crippen LogP contribution in [0.5, 0.6) is 0 Å². The zero-order chi connectivity index (χ0) is 24.3. The van der Waals surface area contributed by atoms with Crippen LogP contribution in [0.15, 0.2) is 78.9 Å². The van der Waals surface area contributed by atoms with E-state index in [4.69, 9.17) is 16.3 Å². The van der Waals surface area contributed by atoms with Gasteiger partial charge in [0.1, 0.15) is 11.5 Å². The summed E-state index contributed by atoms with van der Waals surface area (Å²) in [6, 6.07) is 20.2. The smallest absolute Gasteiger partial charge is 0.329 e. The number of rotatable bonds is 3. The molecular weight excluding hydrogens is 462 g/mol. The number of hydrogen-bond donors (Lipinski definition) is 0. The number of carbonyl (C=O) groups excluding carboxylic acids is 3. The molecule has 3 aromatic rings. The Bertz CT molecular complexity index is 1380. The highest BCUT2D eigenvalue weighted by Gasteiger charge is 2.71. The minimum Gasteiger partial charge on any atom is -0.464 e. The Kier molecular flexibility index (Phi) is 4.94. The molecule has 35 heavy (non-hydrogen) atoms. The summed E-state index contributed by atoms with van der Waals surface area (Å²) in [6.07, 6.45) is 3.83. The van der Waals surface area contributed by atoms with Gasteiger partial charge >= 0.3 is 5.97 Å². The van der Waals surface area contributed by atoms with Crippen LogP contribution in [0.4, 0.5) is 5.69 Å². The number of hydrogen-bond acceptors (Lipinski definition) is 5. The van der Waals surface area contributed by atoms with Gasteiger partial charge in [-0.25, -0.2) is 4.79 Å². The van der Waals surface area contributed by atoms with Gasteiger partial charge in [-0.05, 0) is 36.2 Å². The number of anilines is 1. The Hall–Kier alpha value is -3.70. The molecule has 3 aromatic carbocycles. The summed E-state index contributed by atoms with van der Waals surface area (Å²) in [5.41, 5.74) is 1.69. The largest absolute Gasteiger partial charge is 0.464 e. The Morgan fingerprint density at radius 1 is 0.943 bits per heavy atom. The van der Waals surface area contributed by atoms with Crippen LogP contribution < -0.4 is 4.90 Å². The molecule has 1 fully saturated rings. The average molecular weight is 484 g/mol. The lowest BCUT2D eigenvalue weighted by Gasteiger charge is -2.36. The van der Waals surface area contributed by atoms with Crippen molar-refractivity contribution in [1.29, 1.82) is 0 Å². The molecule has 0 saturated carbocycles. The van der Waals surface area contributed by atoms with E-state index in [1.165, 1.54) is 0 Å². The van der Waals surface area contributed by atoms with Crippen molar-refractivity contribution in [2.45, 2.75) is 24.9 Å². The van der Waals surface area contributed by atoms with Crippen LogP contribution >= 0.6 is 11.6 Å². The van der Waals surface area contributed by atoms with E-state index in [9.17, 15) is 14.4 Å². The van der Waals surface area contributed by atoms with Crippen molar-refractivity contribution in [3.8, 4) is 0 Å². The van der Waals surface area contributed by atoms with Crippen molar-refractivity contribution in [2.75, 3.05) is 11.5 Å². The Labute approximate surface area is 208 Å². The van der Waals surface area contributed by atoms with Gasteiger partial charge in [0.2, 0.25) is 0 Å². The van der Waals surface area contributed by atoms with Crippen LogP contribution in [-0.4, -0.2) is 36.2 Å². The number of benzene rings is 3. The standard InChI is InChI=1S/C29H22ClNO4/c1-2-35-28(34)25-24(18-11-14-19(30)15-12-18)29(26(32)20-8-4-5-9-21(20)27(29)33)23-16-13-17-7-3-6-10-22(17)31(23)25/h3-16,23-25H,2H2,1H3. The third-order valence-electron chi connectivity index (χ3n) is 7.47. The van der Waals surface area contributed by atoms with Crippen LogP contribution in [0.25, 0.3) is 6.08 Å². The second kappa shape index (κ2) is 7.92. The van der Waals surface area contributed by atoms with Gasteiger partial charge in [0.25, 0.3) is 0 Å². The number of esters is 1. The summed E-state index contributed by atoms with van der Waals surface area (Å²) >= 11 is 6.19. The van der Waals surface area contributed by atoms with Crippen molar-refractivity contribution >= 4 is 40.9 Å². The van der Waals surface area contributed by atoms with Crippen molar-refractivity contribution < 1.29 is 19.1 Å². The molecule has 1 spiro atoms. The minimum absolute atomic E-state index is 0.188. The molecule has 3 aliphatic rings. The molecule has 0 bridgehead atoms. The Morgan fingerprint density at radius 3 is 2.23 bits per heavy atom. The van der Waals surface area contributed by atoms with Crippen molar-refractivity contribution in [2.24, 2.45) is 5.41 Å². The summed E-state index contributed by atoms with van der Waals surface area (Å²) in [5, 5.41) is 0.531. The fourth-order valence-corrected chi connectivity index (χ4v) is 6.29. The molecule has 0 N–H and O–H groups in total. The van der Waals surface area contributed by atoms with E-state index in [1.54, 1.807) is 55.5 Å². The number of ether oxygens (including phenoxy) is 1. The predicted octanol–water partition coefficient (Wildman–Crippen LogP) is 5.34. The van der Waals surface area contributed by atoms with Gasteiger partial charge in [-0.1, -0.05) is 78.4 Å². The first-order chi connectivity index (χ1) is 17.0. The van der Waals surface area contributed by atoms with Crippen LogP contribution in [-0.2, 0) is 9.53 Å². The number of para-hydroxylation sites is 1. The van der Waals surface area contributed by atoms with E-state index in [0.717, 1.165) is 11.3 Å². The highest BCUT2D eigenvalue weighted by atomic mass is 35.5. The van der Waals surface area contributed by atoms with Crippen molar-refractivity contribution in [1.82, 2.24) is 0 Å². The van der Waals surface area contributed by atoms with Gasteiger partial charge in [-0.3, -0.25) is 9.59 Å². The van der Waals surface area contributed by atoms with Gasteiger partial charge in [0.05, 0.1) is 12.6 Å². The molecule has 174 valence electrons. The van der Waals surface area contributed by atoms with E-state index in [1.807, 2.05) is 41.3 Å². The van der Waals surface area contributed by atoms with Crippen LogP contribution in [0.1, 0.15) is 44.7 Å². The number of Topliss-reactive ketones (excluding diaryl/α,β-unsaturated/α-hetero) is 2. The number of halogens is 1. The maximum atomic E-state index is 14.3. The number of carbonyl (C=O) groups is 3. The Morgan fingerprint density at radius 2 is 1.57 bits per heavy atom. The molecule has 6 heteroatoms. The lowest BCUT2D eigenvalue weighted by Crippen LogP contribution is -2.48. The number of ketones is 2. The van der Waals surface area contributed by atoms with E-state index >= 15 is 0 Å². The van der Waals surface area contributed by atoms with Gasteiger partial charge < -0.3 is 9.64 Å². The molecule has 3 atom stereocenters. The zero-order valence-corrected chi connectivity index (χ0v) is 19.7. The zero-order valence-electron chi connectivity index (χ0n) is 19.0. The van der Waals surface area contributed by atoms with Crippen molar-refractivity contribution in [3.05, 3.63) is 106 Å². The molecule has 2 heterocycles. The normalized spacial score (nSPS) is 23.3. The van der Waals surface area contributed by atoms with E-state index in [0.29, 0.717) is 21.7 Å². The molecule has 0 amide bonds. The summed E-state index contributed by atoms with van der Waals surface area (Å²) in [6.45, 7) is 1.94. The summed E-state index contributed by atoms with van der Waals surface area (Å²) in [5.74, 6) is -1.75. The van der Waals surface area contributed by atoms with Crippen LogP contribution in [0, 0.1) is 5.41 Å². The lowest BCUT2D eigenvalue weighted by atomic mass is 9.65. The lowest BCUT2D eigenvalue weighted by molar-refractivity contribution is -0.145. The molecule has 5 nitrogen and oxygen atoms in total. The first-order valence-corrected chi connectivity index (χ1v) is 12.0. The third kappa shape index (κ3) is 2.85. The molecule has 0 radical (unpaired) electrons. The summed E-state index contributed by atoms with van der Waals surface area (Å²) in [4.78, 5) is 44.2. The summed E-state index contributed by atoms with van der Waals surface area (Å²) in [7, 11) is 0. The molecule has 6 rings (SSSR count).